The van der Waals surface area contributed by atoms with Crippen LogP contribution in [0.1, 0.15) is 22.9 Å². The molecule has 92 valence electrons. The summed E-state index contributed by atoms with van der Waals surface area (Å²) in [6.07, 6.45) is 5.00. The largest absolute Gasteiger partial charge is 0.359 e. The average Bonchev–Trinajstić information content (AvgIpc) is 2.97. The molecule has 1 atom stereocenters. The van der Waals surface area contributed by atoms with E-state index in [-0.39, 0.29) is 6.04 Å². The number of aryl methyl sites for hydroxylation is 1. The van der Waals surface area contributed by atoms with Crippen molar-refractivity contribution >= 4 is 28.3 Å². The van der Waals surface area contributed by atoms with Crippen molar-refractivity contribution in [2.75, 3.05) is 5.32 Å². The van der Waals surface area contributed by atoms with E-state index >= 15 is 0 Å². The summed E-state index contributed by atoms with van der Waals surface area (Å²) < 4.78 is 0. The first-order valence-corrected chi connectivity index (χ1v) is 6.38. The van der Waals surface area contributed by atoms with Crippen molar-refractivity contribution < 1.29 is 0 Å². The van der Waals surface area contributed by atoms with Crippen LogP contribution in [0.4, 0.5) is 5.82 Å². The summed E-state index contributed by atoms with van der Waals surface area (Å²) in [6, 6.07) is 0.102. The summed E-state index contributed by atoms with van der Waals surface area (Å²) in [6.45, 7) is 4.11. The number of imidazole rings is 1. The Morgan fingerprint density at radius 2 is 2.17 bits per heavy atom. The lowest BCUT2D eigenvalue weighted by molar-refractivity contribution is 0.861. The molecule has 0 aliphatic carbocycles. The molecule has 0 aromatic carbocycles. The second kappa shape index (κ2) is 4.34. The maximum atomic E-state index is 4.37. The molecule has 0 spiro atoms. The molecule has 0 aliphatic heterocycles. The molecule has 0 radical (unpaired) electrons. The predicted molar refractivity (Wildman–Crippen MR) is 70.6 cm³/mol. The lowest BCUT2D eigenvalue weighted by Crippen LogP contribution is -2.08. The van der Waals surface area contributed by atoms with Gasteiger partial charge in [-0.25, -0.2) is 19.9 Å². The van der Waals surface area contributed by atoms with Gasteiger partial charge in [-0.15, -0.1) is 11.3 Å². The fourth-order valence-electron chi connectivity index (χ4n) is 1.71. The smallest absolute Gasteiger partial charge is 0.182 e. The SMILES string of the molecule is Cc1cnc(C(C)Nc2ncnc3nc[nH]c23)s1. The highest BCUT2D eigenvalue weighted by molar-refractivity contribution is 7.11. The maximum Gasteiger partial charge on any atom is 0.182 e. The molecular formula is C11H12N6S. The van der Waals surface area contributed by atoms with Gasteiger partial charge in [-0.1, -0.05) is 0 Å². The summed E-state index contributed by atoms with van der Waals surface area (Å²) in [5.41, 5.74) is 1.48. The van der Waals surface area contributed by atoms with Crippen molar-refractivity contribution in [2.24, 2.45) is 0 Å². The van der Waals surface area contributed by atoms with Crippen molar-refractivity contribution in [2.45, 2.75) is 19.9 Å². The molecule has 0 saturated heterocycles. The molecule has 3 aromatic heterocycles. The minimum atomic E-state index is 0.102. The lowest BCUT2D eigenvalue weighted by atomic mass is 10.3. The predicted octanol–water partition coefficient (Wildman–Crippen LogP) is 2.29. The molecule has 3 rings (SSSR count). The number of aromatic amines is 1. The molecule has 0 fully saturated rings. The molecule has 3 aromatic rings. The third-order valence-corrected chi connectivity index (χ3v) is 3.68. The van der Waals surface area contributed by atoms with Crippen molar-refractivity contribution in [1.29, 1.82) is 0 Å². The molecule has 0 saturated carbocycles. The molecule has 7 heteroatoms. The normalized spacial score (nSPS) is 12.8. The Labute approximate surface area is 108 Å². The van der Waals surface area contributed by atoms with E-state index in [9.17, 15) is 0 Å². The van der Waals surface area contributed by atoms with Crippen LogP contribution in [-0.2, 0) is 0 Å². The fraction of sp³-hybridized carbons (Fsp3) is 0.273. The number of H-pyrrole nitrogens is 1. The lowest BCUT2D eigenvalue weighted by Gasteiger charge is -2.11. The van der Waals surface area contributed by atoms with Gasteiger partial charge >= 0.3 is 0 Å². The fourth-order valence-corrected chi connectivity index (χ4v) is 2.49. The topological polar surface area (TPSA) is 79.4 Å². The number of hydrogen-bond donors (Lipinski definition) is 2. The Morgan fingerprint density at radius 1 is 1.28 bits per heavy atom. The van der Waals surface area contributed by atoms with Crippen molar-refractivity contribution in [3.63, 3.8) is 0 Å². The number of thiazole rings is 1. The zero-order valence-corrected chi connectivity index (χ0v) is 10.8. The highest BCUT2D eigenvalue weighted by Gasteiger charge is 2.12. The third-order valence-electron chi connectivity index (χ3n) is 2.59. The highest BCUT2D eigenvalue weighted by atomic mass is 32.1. The first kappa shape index (κ1) is 11.1. The number of nitrogens with zero attached hydrogens (tertiary/aromatic N) is 4. The standard InChI is InChI=1S/C11H12N6S/c1-6-3-12-11(18-6)7(2)17-10-8-9(14-4-13-8)15-5-16-10/h3-5,7H,1-2H3,(H2,13,14,15,16,17). The Kier molecular flexibility index (Phi) is 2.67. The number of fused-ring (bicyclic) bond motifs is 1. The second-order valence-electron chi connectivity index (χ2n) is 4.00. The van der Waals surface area contributed by atoms with E-state index in [1.54, 1.807) is 17.7 Å². The third kappa shape index (κ3) is 1.92. The first-order chi connectivity index (χ1) is 8.74. The van der Waals surface area contributed by atoms with Crippen molar-refractivity contribution in [3.8, 4) is 0 Å². The Bertz CT molecular complexity index is 673. The number of aromatic nitrogens is 5. The molecule has 0 amide bonds. The Morgan fingerprint density at radius 3 is 2.94 bits per heavy atom. The molecular weight excluding hydrogens is 248 g/mol. The van der Waals surface area contributed by atoms with Crippen LogP contribution in [0.25, 0.3) is 11.2 Å². The van der Waals surface area contributed by atoms with Gasteiger partial charge in [0.05, 0.1) is 12.4 Å². The minimum absolute atomic E-state index is 0.102. The van der Waals surface area contributed by atoms with Crippen LogP contribution in [0.3, 0.4) is 0 Å². The monoisotopic (exact) mass is 260 g/mol. The minimum Gasteiger partial charge on any atom is -0.359 e. The molecule has 1 unspecified atom stereocenters. The summed E-state index contributed by atoms with van der Waals surface area (Å²) >= 11 is 1.68. The molecule has 2 N–H and O–H groups in total. The van der Waals surface area contributed by atoms with E-state index in [1.165, 1.54) is 11.2 Å². The summed E-state index contributed by atoms with van der Waals surface area (Å²) in [5.74, 6) is 0.748. The van der Waals surface area contributed by atoms with E-state index in [4.69, 9.17) is 0 Å². The van der Waals surface area contributed by atoms with Gasteiger partial charge in [0.15, 0.2) is 11.5 Å². The number of anilines is 1. The van der Waals surface area contributed by atoms with Gasteiger partial charge in [-0.3, -0.25) is 0 Å². The summed E-state index contributed by atoms with van der Waals surface area (Å²) in [7, 11) is 0. The van der Waals surface area contributed by atoms with E-state index in [0.717, 1.165) is 16.3 Å². The van der Waals surface area contributed by atoms with Gasteiger partial charge in [0, 0.05) is 11.1 Å². The van der Waals surface area contributed by atoms with Crippen LogP contribution in [0, 0.1) is 6.92 Å². The molecule has 0 aliphatic rings. The quantitative estimate of drug-likeness (QED) is 0.755. The van der Waals surface area contributed by atoms with Gasteiger partial charge in [-0.05, 0) is 13.8 Å². The maximum absolute atomic E-state index is 4.37. The van der Waals surface area contributed by atoms with E-state index in [0.29, 0.717) is 5.65 Å². The molecule has 0 bridgehead atoms. The van der Waals surface area contributed by atoms with Crippen LogP contribution in [0.15, 0.2) is 18.9 Å². The number of nitrogens with one attached hydrogen (secondary N) is 2. The van der Waals surface area contributed by atoms with Crippen LogP contribution in [0.2, 0.25) is 0 Å². The van der Waals surface area contributed by atoms with Crippen LogP contribution >= 0.6 is 11.3 Å². The average molecular weight is 260 g/mol. The van der Waals surface area contributed by atoms with Crippen LogP contribution in [-0.4, -0.2) is 24.9 Å². The molecule has 6 nitrogen and oxygen atoms in total. The second-order valence-corrected chi connectivity index (χ2v) is 5.26. The molecule has 18 heavy (non-hydrogen) atoms. The van der Waals surface area contributed by atoms with Crippen LogP contribution < -0.4 is 5.32 Å². The Hall–Kier alpha value is -2.02. The van der Waals surface area contributed by atoms with Crippen molar-refractivity contribution in [3.05, 3.63) is 28.7 Å². The van der Waals surface area contributed by atoms with Gasteiger partial charge in [0.25, 0.3) is 0 Å². The van der Waals surface area contributed by atoms with E-state index < -0.39 is 0 Å². The van der Waals surface area contributed by atoms with Gasteiger partial charge < -0.3 is 10.3 Å². The van der Waals surface area contributed by atoms with E-state index in [2.05, 4.69) is 37.2 Å². The summed E-state index contributed by atoms with van der Waals surface area (Å²) in [4.78, 5) is 21.0. The van der Waals surface area contributed by atoms with Crippen LogP contribution in [0.5, 0.6) is 0 Å². The van der Waals surface area contributed by atoms with Crippen molar-refractivity contribution in [1.82, 2.24) is 24.9 Å². The first-order valence-electron chi connectivity index (χ1n) is 5.57. The van der Waals surface area contributed by atoms with E-state index in [1.807, 2.05) is 13.1 Å². The van der Waals surface area contributed by atoms with Gasteiger partial charge in [0.2, 0.25) is 0 Å². The summed E-state index contributed by atoms with van der Waals surface area (Å²) in [5, 5.41) is 4.37. The van der Waals surface area contributed by atoms with Gasteiger partial charge in [-0.2, -0.15) is 0 Å². The highest BCUT2D eigenvalue weighted by Crippen LogP contribution is 2.24. The Balaban J connectivity index is 1.90. The zero-order valence-electron chi connectivity index (χ0n) is 10.0. The number of rotatable bonds is 3. The van der Waals surface area contributed by atoms with Gasteiger partial charge in [0.1, 0.15) is 16.9 Å². The zero-order chi connectivity index (χ0) is 12.5. The number of hydrogen-bond acceptors (Lipinski definition) is 6. The molecule has 3 heterocycles.